The lowest BCUT2D eigenvalue weighted by Gasteiger charge is -2.34. The zero-order chi connectivity index (χ0) is 14.5. The van der Waals surface area contributed by atoms with E-state index < -0.39 is 0 Å². The van der Waals surface area contributed by atoms with Gasteiger partial charge in [-0.05, 0) is 44.8 Å². The summed E-state index contributed by atoms with van der Waals surface area (Å²) in [6, 6.07) is 2.04. The first-order valence-corrected chi connectivity index (χ1v) is 7.86. The van der Waals surface area contributed by atoms with Gasteiger partial charge in [0, 0.05) is 37.4 Å². The third-order valence-corrected chi connectivity index (χ3v) is 4.31. The third kappa shape index (κ3) is 3.69. The number of nitrogens with one attached hydrogen (secondary N) is 2. The Morgan fingerprint density at radius 1 is 1.24 bits per heavy atom. The van der Waals surface area contributed by atoms with Crippen molar-refractivity contribution < 1.29 is 4.79 Å². The van der Waals surface area contributed by atoms with Crippen molar-refractivity contribution in [3.05, 3.63) is 18.5 Å². The van der Waals surface area contributed by atoms with Crippen LogP contribution in [0.25, 0.3) is 0 Å². The van der Waals surface area contributed by atoms with Crippen LogP contribution in [0.15, 0.2) is 18.5 Å². The lowest BCUT2D eigenvalue weighted by molar-refractivity contribution is -0.126. The molecular formula is C15H23N5O. The molecule has 1 aromatic rings. The largest absolute Gasteiger partial charge is 0.351 e. The summed E-state index contributed by atoms with van der Waals surface area (Å²) in [5, 5.41) is 6.52. The molecule has 0 aromatic carbocycles. The number of rotatable bonds is 3. The number of carbonyl (C=O) groups is 1. The van der Waals surface area contributed by atoms with Gasteiger partial charge < -0.3 is 15.5 Å². The summed E-state index contributed by atoms with van der Waals surface area (Å²) >= 11 is 0. The molecule has 1 atom stereocenters. The normalized spacial score (nSPS) is 23.8. The van der Waals surface area contributed by atoms with Crippen molar-refractivity contribution in [2.45, 2.75) is 31.7 Å². The first-order chi connectivity index (χ1) is 10.3. The van der Waals surface area contributed by atoms with Crippen LogP contribution in [0.4, 0.5) is 5.95 Å². The van der Waals surface area contributed by atoms with Gasteiger partial charge in [0.1, 0.15) is 0 Å². The van der Waals surface area contributed by atoms with Gasteiger partial charge in [0.15, 0.2) is 0 Å². The Hall–Kier alpha value is -1.69. The van der Waals surface area contributed by atoms with Crippen molar-refractivity contribution in [1.82, 2.24) is 20.6 Å². The van der Waals surface area contributed by atoms with Crippen LogP contribution < -0.4 is 15.5 Å². The molecule has 21 heavy (non-hydrogen) atoms. The summed E-state index contributed by atoms with van der Waals surface area (Å²) in [4.78, 5) is 23.1. The second-order valence-electron chi connectivity index (χ2n) is 5.87. The van der Waals surface area contributed by atoms with Crippen LogP contribution in [-0.4, -0.2) is 48.1 Å². The summed E-state index contributed by atoms with van der Waals surface area (Å²) in [5.41, 5.74) is 0. The Labute approximate surface area is 125 Å². The molecule has 2 aliphatic heterocycles. The average Bonchev–Trinajstić information content (AvgIpc) is 2.57. The summed E-state index contributed by atoms with van der Waals surface area (Å²) < 4.78 is 0. The summed E-state index contributed by atoms with van der Waals surface area (Å²) in [6.45, 7) is 3.67. The van der Waals surface area contributed by atoms with Crippen LogP contribution in [0, 0.1) is 5.92 Å². The zero-order valence-corrected chi connectivity index (χ0v) is 12.3. The first kappa shape index (κ1) is 14.3. The smallest absolute Gasteiger partial charge is 0.225 e. The van der Waals surface area contributed by atoms with E-state index in [9.17, 15) is 4.79 Å². The van der Waals surface area contributed by atoms with Crippen molar-refractivity contribution in [3.63, 3.8) is 0 Å². The average molecular weight is 289 g/mol. The number of nitrogens with zero attached hydrogens (tertiary/aromatic N) is 3. The van der Waals surface area contributed by atoms with Crippen molar-refractivity contribution in [3.8, 4) is 0 Å². The van der Waals surface area contributed by atoms with Crippen LogP contribution >= 0.6 is 0 Å². The Bertz CT molecular complexity index is 460. The Morgan fingerprint density at radius 2 is 2.00 bits per heavy atom. The molecule has 0 aliphatic carbocycles. The molecule has 114 valence electrons. The van der Waals surface area contributed by atoms with Crippen molar-refractivity contribution in [1.29, 1.82) is 0 Å². The molecule has 2 saturated heterocycles. The van der Waals surface area contributed by atoms with E-state index in [2.05, 4.69) is 25.5 Å². The highest BCUT2D eigenvalue weighted by atomic mass is 16.2. The molecule has 1 aromatic heterocycles. The fourth-order valence-electron chi connectivity index (χ4n) is 3.13. The minimum Gasteiger partial charge on any atom is -0.351 e. The molecule has 0 radical (unpaired) electrons. The standard InChI is InChI=1S/C15H23N5O/c21-14(12-4-8-16-9-5-12)19-13-3-1-10-20(11-13)15-17-6-2-7-18-15/h2,6-7,12-13,16H,1,3-5,8-11H2,(H,19,21). The lowest BCUT2D eigenvalue weighted by Crippen LogP contribution is -2.50. The fraction of sp³-hybridized carbons (Fsp3) is 0.667. The molecule has 2 fully saturated rings. The number of piperidine rings is 2. The van der Waals surface area contributed by atoms with Gasteiger partial charge >= 0.3 is 0 Å². The number of hydrogen-bond donors (Lipinski definition) is 2. The molecule has 1 amide bonds. The van der Waals surface area contributed by atoms with Gasteiger partial charge in [0.2, 0.25) is 11.9 Å². The molecule has 6 nitrogen and oxygen atoms in total. The van der Waals surface area contributed by atoms with Crippen LogP contribution in [0.3, 0.4) is 0 Å². The van der Waals surface area contributed by atoms with Crippen LogP contribution in [0.2, 0.25) is 0 Å². The predicted octanol–water partition coefficient (Wildman–Crippen LogP) is 0.561. The Morgan fingerprint density at radius 3 is 2.76 bits per heavy atom. The van der Waals surface area contributed by atoms with Gasteiger partial charge in [-0.1, -0.05) is 0 Å². The van der Waals surface area contributed by atoms with Gasteiger partial charge in [0.05, 0.1) is 0 Å². The second kappa shape index (κ2) is 6.85. The van der Waals surface area contributed by atoms with Gasteiger partial charge in [-0.2, -0.15) is 0 Å². The van der Waals surface area contributed by atoms with Crippen LogP contribution in [-0.2, 0) is 4.79 Å². The number of carbonyl (C=O) groups excluding carboxylic acids is 1. The van der Waals surface area contributed by atoms with Crippen molar-refractivity contribution in [2.75, 3.05) is 31.1 Å². The number of amides is 1. The van der Waals surface area contributed by atoms with Gasteiger partial charge in [-0.15, -0.1) is 0 Å². The lowest BCUT2D eigenvalue weighted by atomic mass is 9.96. The number of aromatic nitrogens is 2. The minimum absolute atomic E-state index is 0.176. The van der Waals surface area contributed by atoms with Gasteiger partial charge in [0.25, 0.3) is 0 Å². The molecule has 3 heterocycles. The highest BCUT2D eigenvalue weighted by Gasteiger charge is 2.26. The number of hydrogen-bond acceptors (Lipinski definition) is 5. The molecule has 0 saturated carbocycles. The SMILES string of the molecule is O=C(NC1CCCN(c2ncccn2)C1)C1CCNCC1. The molecule has 0 spiro atoms. The van der Waals surface area contributed by atoms with E-state index in [1.54, 1.807) is 12.4 Å². The van der Waals surface area contributed by atoms with E-state index in [0.717, 1.165) is 57.8 Å². The quantitative estimate of drug-likeness (QED) is 0.851. The van der Waals surface area contributed by atoms with E-state index >= 15 is 0 Å². The molecule has 1 unspecified atom stereocenters. The summed E-state index contributed by atoms with van der Waals surface area (Å²) in [5.74, 6) is 1.16. The highest BCUT2D eigenvalue weighted by Crippen LogP contribution is 2.17. The van der Waals surface area contributed by atoms with Crippen LogP contribution in [0.5, 0.6) is 0 Å². The maximum absolute atomic E-state index is 12.3. The van der Waals surface area contributed by atoms with Crippen LogP contribution in [0.1, 0.15) is 25.7 Å². The minimum atomic E-state index is 0.176. The zero-order valence-electron chi connectivity index (χ0n) is 12.3. The molecule has 0 bridgehead atoms. The highest BCUT2D eigenvalue weighted by molar-refractivity contribution is 5.79. The summed E-state index contributed by atoms with van der Waals surface area (Å²) in [6.07, 6.45) is 7.53. The topological polar surface area (TPSA) is 70.2 Å². The molecular weight excluding hydrogens is 266 g/mol. The van der Waals surface area contributed by atoms with E-state index in [1.165, 1.54) is 0 Å². The molecule has 6 heteroatoms. The van der Waals surface area contributed by atoms with E-state index in [1.807, 2.05) is 6.07 Å². The van der Waals surface area contributed by atoms with E-state index in [4.69, 9.17) is 0 Å². The first-order valence-electron chi connectivity index (χ1n) is 7.86. The Kier molecular flexibility index (Phi) is 4.65. The molecule has 2 N–H and O–H groups in total. The Balaban J connectivity index is 1.55. The second-order valence-corrected chi connectivity index (χ2v) is 5.87. The maximum Gasteiger partial charge on any atom is 0.225 e. The number of anilines is 1. The van der Waals surface area contributed by atoms with Crippen molar-refractivity contribution >= 4 is 11.9 Å². The summed E-state index contributed by atoms with van der Waals surface area (Å²) in [7, 11) is 0. The predicted molar refractivity (Wildman–Crippen MR) is 81.0 cm³/mol. The van der Waals surface area contributed by atoms with Crippen molar-refractivity contribution in [2.24, 2.45) is 5.92 Å². The maximum atomic E-state index is 12.3. The van der Waals surface area contributed by atoms with Gasteiger partial charge in [-0.3, -0.25) is 4.79 Å². The molecule has 3 rings (SSSR count). The van der Waals surface area contributed by atoms with E-state index in [0.29, 0.717) is 0 Å². The third-order valence-electron chi connectivity index (χ3n) is 4.31. The monoisotopic (exact) mass is 289 g/mol. The van der Waals surface area contributed by atoms with Gasteiger partial charge in [-0.25, -0.2) is 9.97 Å². The fourth-order valence-corrected chi connectivity index (χ4v) is 3.13. The van der Waals surface area contributed by atoms with E-state index in [-0.39, 0.29) is 17.9 Å². The molecule has 2 aliphatic rings.